The van der Waals surface area contributed by atoms with Gasteiger partial charge in [0.25, 0.3) is 0 Å². The van der Waals surface area contributed by atoms with Crippen LogP contribution in [0.1, 0.15) is 84.8 Å². The Morgan fingerprint density at radius 1 is 1.05 bits per heavy atom. The minimum Gasteiger partial charge on any atom is -0.376 e. The standard InChI is InChI=1S/C36H59ClN2O/c1-12-33-23-32(24-35(36(33)37)39(10)11)21-26(2)14-13-15-29(5)30(6)17-16-27(3)20-31(7)34(18-19-40)22-28(4)25-38(8)9/h13-15,19,23-24,27,29-31,34H,4,12,16-18,20-22,25H2,1-3,5-11H3/b15-13+,26-14+. The second kappa shape index (κ2) is 18.6. The van der Waals surface area contributed by atoms with Crippen LogP contribution in [0.5, 0.6) is 0 Å². The average Bonchev–Trinajstić information content (AvgIpc) is 2.87. The molecule has 0 aliphatic heterocycles. The fourth-order valence-corrected chi connectivity index (χ4v) is 6.07. The number of benzene rings is 1. The van der Waals surface area contributed by atoms with Gasteiger partial charge in [-0.3, -0.25) is 0 Å². The summed E-state index contributed by atoms with van der Waals surface area (Å²) in [5.41, 5.74) is 6.21. The van der Waals surface area contributed by atoms with Crippen molar-refractivity contribution in [3.8, 4) is 0 Å². The van der Waals surface area contributed by atoms with Gasteiger partial charge in [0.05, 0.1) is 10.7 Å². The minimum atomic E-state index is 0.401. The van der Waals surface area contributed by atoms with Crippen molar-refractivity contribution in [1.29, 1.82) is 0 Å². The highest BCUT2D eigenvalue weighted by molar-refractivity contribution is 6.34. The lowest BCUT2D eigenvalue weighted by Crippen LogP contribution is -2.20. The van der Waals surface area contributed by atoms with E-state index in [9.17, 15) is 4.79 Å². The van der Waals surface area contributed by atoms with Crippen molar-refractivity contribution >= 4 is 23.6 Å². The number of allylic oxidation sites excluding steroid dienone is 4. The molecule has 226 valence electrons. The van der Waals surface area contributed by atoms with Crippen LogP contribution < -0.4 is 4.90 Å². The lowest BCUT2D eigenvalue weighted by atomic mass is 9.79. The summed E-state index contributed by atoms with van der Waals surface area (Å²) >= 11 is 6.60. The molecule has 1 aromatic rings. The molecule has 0 N–H and O–H groups in total. The molecule has 0 saturated carbocycles. The number of hydrogen-bond donors (Lipinski definition) is 0. The summed E-state index contributed by atoms with van der Waals surface area (Å²) in [6.45, 7) is 19.0. The molecule has 1 rings (SSSR count). The van der Waals surface area contributed by atoms with Gasteiger partial charge in [0, 0.05) is 27.1 Å². The molecular formula is C36H59ClN2O. The first kappa shape index (κ1) is 36.2. The second-order valence-corrected chi connectivity index (χ2v) is 13.4. The number of rotatable bonds is 19. The maximum atomic E-state index is 11.3. The number of nitrogens with zero attached hydrogens (tertiary/aromatic N) is 2. The number of aldehydes is 1. The highest BCUT2D eigenvalue weighted by Crippen LogP contribution is 2.32. The number of anilines is 1. The van der Waals surface area contributed by atoms with E-state index in [2.05, 4.69) is 116 Å². The van der Waals surface area contributed by atoms with Crippen LogP contribution in [-0.2, 0) is 17.6 Å². The van der Waals surface area contributed by atoms with E-state index in [4.69, 9.17) is 11.6 Å². The van der Waals surface area contributed by atoms with Gasteiger partial charge in [-0.05, 0) is 99.9 Å². The molecule has 0 heterocycles. The van der Waals surface area contributed by atoms with Gasteiger partial charge in [-0.15, -0.1) is 0 Å². The topological polar surface area (TPSA) is 23.6 Å². The lowest BCUT2D eigenvalue weighted by molar-refractivity contribution is -0.109. The molecule has 4 heteroatoms. The number of halogens is 1. The van der Waals surface area contributed by atoms with E-state index in [-0.39, 0.29) is 0 Å². The molecule has 0 fully saturated rings. The quantitative estimate of drug-likeness (QED) is 0.0939. The average molecular weight is 571 g/mol. The molecule has 0 spiro atoms. The Labute approximate surface area is 252 Å². The first-order chi connectivity index (χ1) is 18.8. The van der Waals surface area contributed by atoms with Gasteiger partial charge in [0.1, 0.15) is 6.29 Å². The van der Waals surface area contributed by atoms with Crippen molar-refractivity contribution in [2.45, 2.75) is 86.5 Å². The summed E-state index contributed by atoms with van der Waals surface area (Å²) in [5, 5.41) is 0.871. The Kier molecular flexibility index (Phi) is 16.8. The Morgan fingerprint density at radius 2 is 1.73 bits per heavy atom. The minimum absolute atomic E-state index is 0.401. The highest BCUT2D eigenvalue weighted by atomic mass is 35.5. The predicted octanol–water partition coefficient (Wildman–Crippen LogP) is 9.44. The van der Waals surface area contributed by atoms with Gasteiger partial charge in [-0.1, -0.05) is 94.7 Å². The molecule has 5 atom stereocenters. The Hall–Kier alpha value is -1.84. The first-order valence-electron chi connectivity index (χ1n) is 15.4. The normalized spacial score (nSPS) is 16.1. The van der Waals surface area contributed by atoms with Crippen LogP contribution >= 0.6 is 11.6 Å². The van der Waals surface area contributed by atoms with Crippen LogP contribution in [0.15, 0.2) is 48.1 Å². The van der Waals surface area contributed by atoms with Crippen molar-refractivity contribution in [2.24, 2.45) is 29.6 Å². The van der Waals surface area contributed by atoms with Gasteiger partial charge in [0.15, 0.2) is 0 Å². The number of likely N-dealkylation sites (N-methyl/N-ethyl adjacent to an activating group) is 1. The van der Waals surface area contributed by atoms with Crippen molar-refractivity contribution in [3.05, 3.63) is 64.2 Å². The zero-order chi connectivity index (χ0) is 30.4. The number of hydrogen-bond acceptors (Lipinski definition) is 3. The molecule has 0 aromatic heterocycles. The number of carbonyl (C=O) groups is 1. The third-order valence-corrected chi connectivity index (χ3v) is 8.85. The van der Waals surface area contributed by atoms with Crippen molar-refractivity contribution in [3.63, 3.8) is 0 Å². The summed E-state index contributed by atoms with van der Waals surface area (Å²) in [6, 6.07) is 4.47. The second-order valence-electron chi connectivity index (χ2n) is 13.0. The highest BCUT2D eigenvalue weighted by Gasteiger charge is 2.21. The number of aryl methyl sites for hydroxylation is 1. The van der Waals surface area contributed by atoms with Gasteiger partial charge in [-0.25, -0.2) is 0 Å². The predicted molar refractivity (Wildman–Crippen MR) is 179 cm³/mol. The lowest BCUT2D eigenvalue weighted by Gasteiger charge is -2.27. The maximum Gasteiger partial charge on any atom is 0.120 e. The zero-order valence-electron chi connectivity index (χ0n) is 27.4. The van der Waals surface area contributed by atoms with E-state index in [1.165, 1.54) is 41.5 Å². The summed E-state index contributed by atoms with van der Waals surface area (Å²) in [5.74, 6) is 2.76. The Balaban J connectivity index is 2.63. The van der Waals surface area contributed by atoms with E-state index in [0.29, 0.717) is 36.0 Å². The molecule has 5 unspecified atom stereocenters. The van der Waals surface area contributed by atoms with Gasteiger partial charge >= 0.3 is 0 Å². The smallest absolute Gasteiger partial charge is 0.120 e. The van der Waals surface area contributed by atoms with Crippen LogP contribution in [0.25, 0.3) is 0 Å². The molecule has 0 radical (unpaired) electrons. The van der Waals surface area contributed by atoms with E-state index in [0.717, 1.165) is 42.8 Å². The first-order valence-corrected chi connectivity index (χ1v) is 15.7. The Bertz CT molecular complexity index is 977. The SMILES string of the molecule is C=C(CC(CC=O)C(C)CC(C)CCC(C)C(C)/C=C/C=C(\C)Cc1cc(CC)c(Cl)c(N(C)C)c1)CN(C)C. The van der Waals surface area contributed by atoms with Crippen molar-refractivity contribution in [2.75, 3.05) is 39.6 Å². The molecular weight excluding hydrogens is 512 g/mol. The monoisotopic (exact) mass is 570 g/mol. The zero-order valence-corrected chi connectivity index (χ0v) is 28.2. The maximum absolute atomic E-state index is 11.3. The Morgan fingerprint density at radius 3 is 2.30 bits per heavy atom. The molecule has 0 aliphatic rings. The van der Waals surface area contributed by atoms with Crippen LogP contribution in [0.2, 0.25) is 5.02 Å². The molecule has 1 aromatic carbocycles. The molecule has 40 heavy (non-hydrogen) atoms. The molecule has 0 bridgehead atoms. The van der Waals surface area contributed by atoms with Crippen LogP contribution in [0.4, 0.5) is 5.69 Å². The third-order valence-electron chi connectivity index (χ3n) is 8.41. The molecule has 0 aliphatic carbocycles. The molecule has 3 nitrogen and oxygen atoms in total. The summed E-state index contributed by atoms with van der Waals surface area (Å²) in [7, 11) is 8.25. The van der Waals surface area contributed by atoms with E-state index in [1.54, 1.807) is 0 Å². The van der Waals surface area contributed by atoms with Crippen molar-refractivity contribution in [1.82, 2.24) is 4.90 Å². The third kappa shape index (κ3) is 13.2. The largest absolute Gasteiger partial charge is 0.376 e. The van der Waals surface area contributed by atoms with E-state index >= 15 is 0 Å². The molecule has 0 saturated heterocycles. The van der Waals surface area contributed by atoms with Crippen LogP contribution in [0.3, 0.4) is 0 Å². The van der Waals surface area contributed by atoms with E-state index in [1.807, 2.05) is 0 Å². The molecule has 0 amide bonds. The van der Waals surface area contributed by atoms with Crippen LogP contribution in [-0.4, -0.2) is 45.9 Å². The summed E-state index contributed by atoms with van der Waals surface area (Å²) in [6.07, 6.45) is 15.1. The van der Waals surface area contributed by atoms with Crippen LogP contribution in [0, 0.1) is 29.6 Å². The van der Waals surface area contributed by atoms with Crippen molar-refractivity contribution < 1.29 is 4.79 Å². The number of carbonyl (C=O) groups excluding carboxylic acids is 1. The summed E-state index contributed by atoms with van der Waals surface area (Å²) in [4.78, 5) is 15.6. The van der Waals surface area contributed by atoms with E-state index < -0.39 is 0 Å². The fraction of sp³-hybridized carbons (Fsp3) is 0.639. The van der Waals surface area contributed by atoms with Gasteiger partial charge < -0.3 is 14.6 Å². The summed E-state index contributed by atoms with van der Waals surface area (Å²) < 4.78 is 0. The van der Waals surface area contributed by atoms with Gasteiger partial charge in [0.2, 0.25) is 0 Å². The fourth-order valence-electron chi connectivity index (χ4n) is 5.66. The van der Waals surface area contributed by atoms with Gasteiger partial charge in [-0.2, -0.15) is 0 Å².